The smallest absolute Gasteiger partial charge is 0.253 e. The highest BCUT2D eigenvalue weighted by Gasteiger charge is 2.14. The molecule has 0 aromatic heterocycles. The van der Waals surface area contributed by atoms with E-state index in [9.17, 15) is 4.79 Å². The number of hydrogen-bond acceptors (Lipinski definition) is 2. The normalized spacial score (nSPS) is 14.0. The number of nitrogens with one attached hydrogen (secondary N) is 1. The van der Waals surface area contributed by atoms with Gasteiger partial charge in [0.2, 0.25) is 0 Å². The topological polar surface area (TPSA) is 55.1 Å². The molecular weight excluding hydrogens is 248 g/mol. The summed E-state index contributed by atoms with van der Waals surface area (Å²) >= 11 is 5.80. The van der Waals surface area contributed by atoms with Crippen LogP contribution in [-0.2, 0) is 0 Å². The van der Waals surface area contributed by atoms with Crippen LogP contribution in [0.2, 0.25) is 5.02 Å². The molecule has 1 aromatic rings. The third-order valence-electron chi connectivity index (χ3n) is 3.09. The second-order valence-corrected chi connectivity index (χ2v) is 5.29. The van der Waals surface area contributed by atoms with E-state index in [1.54, 1.807) is 18.2 Å². The summed E-state index contributed by atoms with van der Waals surface area (Å²) in [6, 6.07) is 5.06. The van der Waals surface area contributed by atoms with E-state index in [1.807, 2.05) is 6.92 Å². The fraction of sp³-hybridized carbons (Fsp3) is 0.500. The molecule has 2 unspecified atom stereocenters. The number of amides is 1. The van der Waals surface area contributed by atoms with E-state index in [1.165, 1.54) is 0 Å². The molecule has 0 spiro atoms. The average molecular weight is 269 g/mol. The van der Waals surface area contributed by atoms with Gasteiger partial charge in [0.1, 0.15) is 0 Å². The van der Waals surface area contributed by atoms with E-state index < -0.39 is 0 Å². The SMILES string of the molecule is CCC(C)CC(C)NC(=O)c1ccc(Cl)cc1N. The zero-order valence-electron chi connectivity index (χ0n) is 11.2. The lowest BCUT2D eigenvalue weighted by Gasteiger charge is -2.18. The number of halogens is 1. The molecule has 0 radical (unpaired) electrons. The molecule has 3 nitrogen and oxygen atoms in total. The van der Waals surface area contributed by atoms with Crippen molar-refractivity contribution in [3.05, 3.63) is 28.8 Å². The third kappa shape index (κ3) is 4.22. The van der Waals surface area contributed by atoms with Gasteiger partial charge < -0.3 is 11.1 Å². The van der Waals surface area contributed by atoms with Crippen LogP contribution in [0.4, 0.5) is 5.69 Å². The Hall–Kier alpha value is -1.22. The predicted octanol–water partition coefficient (Wildman–Crippen LogP) is 3.48. The van der Waals surface area contributed by atoms with Crippen LogP contribution in [0, 0.1) is 5.92 Å². The number of carbonyl (C=O) groups excluding carboxylic acids is 1. The number of anilines is 1. The van der Waals surface area contributed by atoms with Gasteiger partial charge in [0, 0.05) is 16.8 Å². The van der Waals surface area contributed by atoms with Gasteiger partial charge in [0.05, 0.1) is 5.56 Å². The van der Waals surface area contributed by atoms with Crippen molar-refractivity contribution in [3.63, 3.8) is 0 Å². The number of nitrogen functional groups attached to an aromatic ring is 1. The van der Waals surface area contributed by atoms with Crippen molar-refractivity contribution in [3.8, 4) is 0 Å². The van der Waals surface area contributed by atoms with Gasteiger partial charge in [-0.3, -0.25) is 4.79 Å². The van der Waals surface area contributed by atoms with Crippen molar-refractivity contribution in [2.24, 2.45) is 5.92 Å². The molecule has 3 N–H and O–H groups in total. The highest BCUT2D eigenvalue weighted by atomic mass is 35.5. The molecule has 0 aliphatic rings. The first kappa shape index (κ1) is 14.8. The van der Waals surface area contributed by atoms with Gasteiger partial charge in [0.25, 0.3) is 5.91 Å². The summed E-state index contributed by atoms with van der Waals surface area (Å²) in [6.45, 7) is 6.34. The summed E-state index contributed by atoms with van der Waals surface area (Å²) < 4.78 is 0. The van der Waals surface area contributed by atoms with E-state index in [2.05, 4.69) is 19.2 Å². The maximum absolute atomic E-state index is 12.0. The fourth-order valence-electron chi connectivity index (χ4n) is 1.87. The maximum atomic E-state index is 12.0. The Morgan fingerprint density at radius 2 is 2.11 bits per heavy atom. The van der Waals surface area contributed by atoms with Gasteiger partial charge in [-0.15, -0.1) is 0 Å². The molecule has 18 heavy (non-hydrogen) atoms. The molecular formula is C14H21ClN2O. The Bertz CT molecular complexity index is 420. The highest BCUT2D eigenvalue weighted by molar-refractivity contribution is 6.31. The van der Waals surface area contributed by atoms with Gasteiger partial charge >= 0.3 is 0 Å². The summed E-state index contributed by atoms with van der Waals surface area (Å²) in [6.07, 6.45) is 2.08. The predicted molar refractivity (Wildman–Crippen MR) is 76.9 cm³/mol. The molecule has 2 atom stereocenters. The lowest BCUT2D eigenvalue weighted by molar-refractivity contribution is 0.0936. The Balaban J connectivity index is 2.65. The first-order valence-electron chi connectivity index (χ1n) is 6.30. The van der Waals surface area contributed by atoms with Crippen LogP contribution >= 0.6 is 11.6 Å². The number of benzene rings is 1. The molecule has 0 aliphatic heterocycles. The molecule has 1 amide bonds. The molecule has 0 heterocycles. The molecule has 0 fully saturated rings. The zero-order valence-corrected chi connectivity index (χ0v) is 11.9. The van der Waals surface area contributed by atoms with Crippen molar-refractivity contribution >= 4 is 23.2 Å². The minimum absolute atomic E-state index is 0.139. The minimum Gasteiger partial charge on any atom is -0.398 e. The number of carbonyl (C=O) groups is 1. The second-order valence-electron chi connectivity index (χ2n) is 4.86. The van der Waals surface area contributed by atoms with Crippen LogP contribution in [0.25, 0.3) is 0 Å². The fourth-order valence-corrected chi connectivity index (χ4v) is 2.05. The largest absolute Gasteiger partial charge is 0.398 e. The Morgan fingerprint density at radius 3 is 2.67 bits per heavy atom. The van der Waals surface area contributed by atoms with Crippen LogP contribution in [0.15, 0.2) is 18.2 Å². The third-order valence-corrected chi connectivity index (χ3v) is 3.32. The van der Waals surface area contributed by atoms with Gasteiger partial charge in [-0.2, -0.15) is 0 Å². The molecule has 1 aromatic carbocycles. The zero-order chi connectivity index (χ0) is 13.7. The average Bonchev–Trinajstić information content (AvgIpc) is 2.28. The monoisotopic (exact) mass is 268 g/mol. The van der Waals surface area contributed by atoms with Gasteiger partial charge in [-0.1, -0.05) is 31.9 Å². The van der Waals surface area contributed by atoms with E-state index in [0.29, 0.717) is 22.2 Å². The van der Waals surface area contributed by atoms with Crippen LogP contribution < -0.4 is 11.1 Å². The summed E-state index contributed by atoms with van der Waals surface area (Å²) in [4.78, 5) is 12.0. The standard InChI is InChI=1S/C14H21ClN2O/c1-4-9(2)7-10(3)17-14(18)12-6-5-11(15)8-13(12)16/h5-6,8-10H,4,7,16H2,1-3H3,(H,17,18). The van der Waals surface area contributed by atoms with Crippen molar-refractivity contribution in [1.82, 2.24) is 5.32 Å². The quantitative estimate of drug-likeness (QED) is 0.804. The summed E-state index contributed by atoms with van der Waals surface area (Å²) in [5.74, 6) is 0.461. The Kier molecular flexibility index (Phi) is 5.48. The molecule has 1 rings (SSSR count). The van der Waals surface area contributed by atoms with Gasteiger partial charge in [-0.25, -0.2) is 0 Å². The molecule has 100 valence electrons. The van der Waals surface area contributed by atoms with Crippen molar-refractivity contribution in [2.75, 3.05) is 5.73 Å². The number of rotatable bonds is 5. The summed E-state index contributed by atoms with van der Waals surface area (Å²) in [5.41, 5.74) is 6.67. The van der Waals surface area contributed by atoms with Crippen LogP contribution in [0.5, 0.6) is 0 Å². The van der Waals surface area contributed by atoms with E-state index in [-0.39, 0.29) is 11.9 Å². The molecule has 4 heteroatoms. The van der Waals surface area contributed by atoms with Crippen molar-refractivity contribution < 1.29 is 4.79 Å². The van der Waals surface area contributed by atoms with Crippen LogP contribution in [0.1, 0.15) is 44.0 Å². The first-order valence-corrected chi connectivity index (χ1v) is 6.67. The van der Waals surface area contributed by atoms with Gasteiger partial charge in [0.15, 0.2) is 0 Å². The lowest BCUT2D eigenvalue weighted by Crippen LogP contribution is -2.34. The Labute approximate surface area is 114 Å². The molecule has 0 saturated heterocycles. The number of nitrogens with two attached hydrogens (primary N) is 1. The first-order chi connectivity index (χ1) is 8.43. The van der Waals surface area contributed by atoms with E-state index in [4.69, 9.17) is 17.3 Å². The van der Waals surface area contributed by atoms with E-state index in [0.717, 1.165) is 12.8 Å². The van der Waals surface area contributed by atoms with Crippen LogP contribution in [-0.4, -0.2) is 11.9 Å². The van der Waals surface area contributed by atoms with Crippen molar-refractivity contribution in [2.45, 2.75) is 39.7 Å². The highest BCUT2D eigenvalue weighted by Crippen LogP contribution is 2.18. The van der Waals surface area contributed by atoms with Crippen molar-refractivity contribution in [1.29, 1.82) is 0 Å². The molecule has 0 bridgehead atoms. The second kappa shape index (κ2) is 6.64. The molecule has 0 saturated carbocycles. The summed E-state index contributed by atoms with van der Waals surface area (Å²) in [7, 11) is 0. The van der Waals surface area contributed by atoms with E-state index >= 15 is 0 Å². The lowest BCUT2D eigenvalue weighted by atomic mass is 10.00. The summed E-state index contributed by atoms with van der Waals surface area (Å²) in [5, 5.41) is 3.50. The maximum Gasteiger partial charge on any atom is 0.253 e. The van der Waals surface area contributed by atoms with Gasteiger partial charge in [-0.05, 0) is 37.5 Å². The minimum atomic E-state index is -0.139. The Morgan fingerprint density at radius 1 is 1.44 bits per heavy atom. The van der Waals surface area contributed by atoms with Crippen LogP contribution in [0.3, 0.4) is 0 Å². The molecule has 0 aliphatic carbocycles. The number of hydrogen-bond donors (Lipinski definition) is 2.